The number of amides is 1. The van der Waals surface area contributed by atoms with Gasteiger partial charge in [0, 0.05) is 37.2 Å². The second kappa shape index (κ2) is 6.71. The van der Waals surface area contributed by atoms with Crippen LogP contribution in [0.25, 0.3) is 0 Å². The molecule has 0 aliphatic heterocycles. The van der Waals surface area contributed by atoms with Crippen molar-refractivity contribution >= 4 is 21.4 Å². The fourth-order valence-corrected chi connectivity index (χ4v) is 2.50. The molecular formula is C13H20N2O4S. The molecule has 0 fully saturated rings. The van der Waals surface area contributed by atoms with Crippen molar-refractivity contribution in [1.82, 2.24) is 4.90 Å². The van der Waals surface area contributed by atoms with Gasteiger partial charge in [-0.3, -0.25) is 4.79 Å². The number of aliphatic hydroxyl groups excluding tert-OH is 1. The molecule has 0 bridgehead atoms. The second-order valence-corrected chi connectivity index (χ2v) is 6.54. The van der Waals surface area contributed by atoms with Crippen molar-refractivity contribution in [3.8, 4) is 0 Å². The van der Waals surface area contributed by atoms with E-state index >= 15 is 0 Å². The zero-order valence-corrected chi connectivity index (χ0v) is 12.5. The molecule has 0 aliphatic rings. The van der Waals surface area contributed by atoms with Crippen LogP contribution in [0.3, 0.4) is 0 Å². The van der Waals surface area contributed by atoms with Crippen molar-refractivity contribution in [2.24, 2.45) is 0 Å². The Kier molecular flexibility index (Phi) is 5.52. The summed E-state index contributed by atoms with van der Waals surface area (Å²) in [6.07, 6.45) is 1.54. The minimum absolute atomic E-state index is 0.00466. The fraction of sp³-hybridized carbons (Fsp3) is 0.462. The zero-order chi connectivity index (χ0) is 15.3. The lowest BCUT2D eigenvalue weighted by molar-refractivity contribution is 0.0754. The van der Waals surface area contributed by atoms with Crippen LogP contribution in [0.4, 0.5) is 5.69 Å². The van der Waals surface area contributed by atoms with Gasteiger partial charge in [-0.15, -0.1) is 0 Å². The molecule has 1 aromatic carbocycles. The quantitative estimate of drug-likeness (QED) is 0.746. The Bertz CT molecular complexity index is 584. The van der Waals surface area contributed by atoms with E-state index < -0.39 is 9.84 Å². The lowest BCUT2D eigenvalue weighted by Crippen LogP contribution is -2.32. The predicted octanol–water partition coefficient (Wildman–Crippen LogP) is 0.517. The molecule has 0 radical (unpaired) electrons. The van der Waals surface area contributed by atoms with Crippen LogP contribution in [0.15, 0.2) is 23.1 Å². The van der Waals surface area contributed by atoms with Crippen LogP contribution in [0.5, 0.6) is 0 Å². The van der Waals surface area contributed by atoms with Crippen LogP contribution in [0.2, 0.25) is 0 Å². The number of carbonyl (C=O) groups excluding carboxylic acids is 1. The number of sulfone groups is 1. The Morgan fingerprint density at radius 3 is 2.50 bits per heavy atom. The summed E-state index contributed by atoms with van der Waals surface area (Å²) in [6.45, 7) is 2.70. The Morgan fingerprint density at radius 1 is 1.35 bits per heavy atom. The number of hydrogen-bond acceptors (Lipinski definition) is 5. The van der Waals surface area contributed by atoms with Gasteiger partial charge in [0.1, 0.15) is 0 Å². The smallest absolute Gasteiger partial charge is 0.253 e. The number of nitrogen functional groups attached to an aromatic ring is 1. The molecule has 7 heteroatoms. The summed E-state index contributed by atoms with van der Waals surface area (Å²) < 4.78 is 23.1. The maximum Gasteiger partial charge on any atom is 0.253 e. The first-order valence-electron chi connectivity index (χ1n) is 6.30. The molecule has 0 spiro atoms. The van der Waals surface area contributed by atoms with E-state index in [9.17, 15) is 13.2 Å². The van der Waals surface area contributed by atoms with Crippen molar-refractivity contribution in [1.29, 1.82) is 0 Å². The van der Waals surface area contributed by atoms with E-state index in [1.807, 2.05) is 6.92 Å². The zero-order valence-electron chi connectivity index (χ0n) is 11.7. The van der Waals surface area contributed by atoms with E-state index in [1.165, 1.54) is 23.1 Å². The molecule has 0 unspecified atom stereocenters. The number of hydrogen-bond donors (Lipinski definition) is 2. The molecule has 112 valence electrons. The average molecular weight is 300 g/mol. The van der Waals surface area contributed by atoms with E-state index in [4.69, 9.17) is 10.8 Å². The molecule has 1 amide bonds. The highest BCUT2D eigenvalue weighted by Gasteiger charge is 2.17. The standard InChI is InChI=1S/C13H20N2O4S/c1-3-15(5-4-6-16)13(17)10-7-11(14)9-12(8-10)20(2,18)19/h7-9,16H,3-6,14H2,1-2H3. The highest BCUT2D eigenvalue weighted by molar-refractivity contribution is 7.90. The van der Waals surface area contributed by atoms with Gasteiger partial charge >= 0.3 is 0 Å². The van der Waals surface area contributed by atoms with E-state index in [0.29, 0.717) is 19.5 Å². The van der Waals surface area contributed by atoms with Crippen LogP contribution in [-0.2, 0) is 9.84 Å². The number of anilines is 1. The van der Waals surface area contributed by atoms with Crippen molar-refractivity contribution in [3.05, 3.63) is 23.8 Å². The molecule has 1 aromatic rings. The van der Waals surface area contributed by atoms with Crippen molar-refractivity contribution in [3.63, 3.8) is 0 Å². The average Bonchev–Trinajstić information content (AvgIpc) is 2.37. The van der Waals surface area contributed by atoms with Gasteiger partial charge in [0.05, 0.1) is 4.90 Å². The van der Waals surface area contributed by atoms with Crippen molar-refractivity contribution in [2.45, 2.75) is 18.2 Å². The van der Waals surface area contributed by atoms with E-state index in [2.05, 4.69) is 0 Å². The Hall–Kier alpha value is -1.60. The lowest BCUT2D eigenvalue weighted by atomic mass is 10.1. The topological polar surface area (TPSA) is 101 Å². The number of aliphatic hydroxyl groups is 1. The summed E-state index contributed by atoms with van der Waals surface area (Å²) in [5, 5.41) is 8.82. The van der Waals surface area contributed by atoms with Gasteiger partial charge in [-0.05, 0) is 31.5 Å². The Balaban J connectivity index is 3.12. The Morgan fingerprint density at radius 2 is 2.00 bits per heavy atom. The number of carbonyl (C=O) groups is 1. The third-order valence-corrected chi connectivity index (χ3v) is 3.95. The fourth-order valence-electron chi connectivity index (χ4n) is 1.81. The molecule has 0 aromatic heterocycles. The van der Waals surface area contributed by atoms with E-state index in [1.54, 1.807) is 0 Å². The van der Waals surface area contributed by atoms with Gasteiger partial charge in [-0.2, -0.15) is 0 Å². The molecule has 0 aliphatic carbocycles. The monoisotopic (exact) mass is 300 g/mol. The summed E-state index contributed by atoms with van der Waals surface area (Å²) in [6, 6.07) is 4.12. The van der Waals surface area contributed by atoms with Gasteiger partial charge in [0.15, 0.2) is 9.84 Å². The predicted molar refractivity (Wildman–Crippen MR) is 77.2 cm³/mol. The van der Waals surface area contributed by atoms with Gasteiger partial charge in [-0.1, -0.05) is 0 Å². The summed E-state index contributed by atoms with van der Waals surface area (Å²) >= 11 is 0. The molecule has 0 saturated carbocycles. The summed E-state index contributed by atoms with van der Waals surface area (Å²) in [5.74, 6) is -0.293. The van der Waals surface area contributed by atoms with Crippen molar-refractivity contribution < 1.29 is 18.3 Å². The highest BCUT2D eigenvalue weighted by Crippen LogP contribution is 2.18. The number of nitrogens with two attached hydrogens (primary N) is 1. The first kappa shape index (κ1) is 16.5. The maximum absolute atomic E-state index is 12.3. The number of benzene rings is 1. The molecule has 0 saturated heterocycles. The third kappa shape index (κ3) is 4.21. The Labute approximate surface area is 119 Å². The largest absolute Gasteiger partial charge is 0.399 e. The summed E-state index contributed by atoms with van der Waals surface area (Å²) in [4.78, 5) is 13.9. The van der Waals surface area contributed by atoms with Crippen LogP contribution < -0.4 is 5.73 Å². The molecule has 6 nitrogen and oxygen atoms in total. The van der Waals surface area contributed by atoms with Crippen LogP contribution in [0, 0.1) is 0 Å². The van der Waals surface area contributed by atoms with E-state index in [0.717, 1.165) is 6.26 Å². The SMILES string of the molecule is CCN(CCCO)C(=O)c1cc(N)cc(S(C)(=O)=O)c1. The second-order valence-electron chi connectivity index (χ2n) is 4.52. The summed E-state index contributed by atoms with van der Waals surface area (Å²) in [5.41, 5.74) is 6.13. The highest BCUT2D eigenvalue weighted by atomic mass is 32.2. The lowest BCUT2D eigenvalue weighted by Gasteiger charge is -2.21. The molecule has 1 rings (SSSR count). The van der Waals surface area contributed by atoms with Gasteiger partial charge in [0.2, 0.25) is 0 Å². The van der Waals surface area contributed by atoms with Gasteiger partial charge in [-0.25, -0.2) is 8.42 Å². The molecule has 3 N–H and O–H groups in total. The normalized spacial score (nSPS) is 11.3. The van der Waals surface area contributed by atoms with E-state index in [-0.39, 0.29) is 28.7 Å². The first-order valence-corrected chi connectivity index (χ1v) is 8.19. The van der Waals surface area contributed by atoms with Crippen molar-refractivity contribution in [2.75, 3.05) is 31.7 Å². The number of nitrogens with zero attached hydrogens (tertiary/aromatic N) is 1. The van der Waals surface area contributed by atoms with Crippen LogP contribution in [0.1, 0.15) is 23.7 Å². The molecule has 0 atom stereocenters. The number of rotatable bonds is 6. The minimum Gasteiger partial charge on any atom is -0.399 e. The van der Waals surface area contributed by atoms with Gasteiger partial charge < -0.3 is 15.7 Å². The molecule has 20 heavy (non-hydrogen) atoms. The van der Waals surface area contributed by atoms with Crippen LogP contribution >= 0.6 is 0 Å². The maximum atomic E-state index is 12.3. The first-order chi connectivity index (χ1) is 9.29. The molecular weight excluding hydrogens is 280 g/mol. The van der Waals surface area contributed by atoms with Gasteiger partial charge in [0.25, 0.3) is 5.91 Å². The third-order valence-electron chi connectivity index (χ3n) is 2.86. The summed E-state index contributed by atoms with van der Waals surface area (Å²) in [7, 11) is -3.42. The molecule has 0 heterocycles. The minimum atomic E-state index is -3.42. The van der Waals surface area contributed by atoms with Crippen LogP contribution in [-0.4, -0.2) is 50.3 Å².